The molecule has 0 unspecified atom stereocenters. The molecular formula is C19H26F3N3O2. The lowest BCUT2D eigenvalue weighted by molar-refractivity contribution is -0.146. The van der Waals surface area contributed by atoms with Crippen molar-refractivity contribution in [1.82, 2.24) is 15.1 Å². The van der Waals surface area contributed by atoms with Crippen LogP contribution in [0.25, 0.3) is 0 Å². The van der Waals surface area contributed by atoms with Gasteiger partial charge in [0.2, 0.25) is 0 Å². The molecular weight excluding hydrogens is 359 g/mol. The van der Waals surface area contributed by atoms with Gasteiger partial charge < -0.3 is 10.4 Å². The number of nitrogens with one attached hydrogen (secondary N) is 1. The van der Waals surface area contributed by atoms with Gasteiger partial charge in [0.15, 0.2) is 5.69 Å². The van der Waals surface area contributed by atoms with E-state index in [9.17, 15) is 23.1 Å². The van der Waals surface area contributed by atoms with Gasteiger partial charge in [-0.05, 0) is 70.6 Å². The van der Waals surface area contributed by atoms with E-state index in [-0.39, 0.29) is 17.9 Å². The second-order valence-electron chi connectivity index (χ2n) is 9.68. The van der Waals surface area contributed by atoms with Crippen molar-refractivity contribution in [3.63, 3.8) is 0 Å². The van der Waals surface area contributed by atoms with E-state index in [4.69, 9.17) is 0 Å². The van der Waals surface area contributed by atoms with E-state index in [1.165, 1.54) is 0 Å². The number of amides is 1. The molecule has 1 aromatic rings. The molecule has 1 heterocycles. The van der Waals surface area contributed by atoms with Gasteiger partial charge in [0, 0.05) is 6.04 Å². The molecule has 5 nitrogen and oxygen atoms in total. The van der Waals surface area contributed by atoms with Crippen LogP contribution in [0.3, 0.4) is 0 Å². The molecule has 4 aliphatic rings. The summed E-state index contributed by atoms with van der Waals surface area (Å²) in [5, 5.41) is 17.4. The Kier molecular flexibility index (Phi) is 3.98. The number of alkyl halides is 3. The van der Waals surface area contributed by atoms with E-state index in [0.717, 1.165) is 30.1 Å². The van der Waals surface area contributed by atoms with Crippen LogP contribution < -0.4 is 5.32 Å². The number of aliphatic hydroxyl groups is 1. The molecule has 150 valence electrons. The first-order valence-corrected chi connectivity index (χ1v) is 9.56. The lowest BCUT2D eigenvalue weighted by atomic mass is 9.52. The fraction of sp³-hybridized carbons (Fsp3) is 0.789. The minimum atomic E-state index is -4.67. The van der Waals surface area contributed by atoms with E-state index < -0.39 is 34.5 Å². The number of halogens is 3. The highest BCUT2D eigenvalue weighted by Crippen LogP contribution is 2.55. The number of hydrogen-bond acceptors (Lipinski definition) is 3. The number of nitrogens with zero attached hydrogens (tertiary/aromatic N) is 2. The summed E-state index contributed by atoms with van der Waals surface area (Å²) in [6.45, 7) is 4.86. The Morgan fingerprint density at radius 2 is 1.81 bits per heavy atom. The highest BCUT2D eigenvalue weighted by Gasteiger charge is 2.55. The van der Waals surface area contributed by atoms with Crippen molar-refractivity contribution in [1.29, 1.82) is 0 Å². The lowest BCUT2D eigenvalue weighted by Gasteiger charge is -2.58. The first-order chi connectivity index (χ1) is 12.4. The van der Waals surface area contributed by atoms with Crippen molar-refractivity contribution in [2.45, 2.75) is 76.2 Å². The minimum Gasteiger partial charge on any atom is -0.390 e. The molecule has 2 atom stereocenters. The van der Waals surface area contributed by atoms with Gasteiger partial charge >= 0.3 is 6.18 Å². The monoisotopic (exact) mass is 385 g/mol. The van der Waals surface area contributed by atoms with E-state index in [1.54, 1.807) is 20.8 Å². The minimum absolute atomic E-state index is 0.136. The quantitative estimate of drug-likeness (QED) is 0.821. The Morgan fingerprint density at radius 1 is 1.22 bits per heavy atom. The Hall–Kier alpha value is -1.57. The molecule has 4 aliphatic carbocycles. The van der Waals surface area contributed by atoms with Crippen LogP contribution in [0.5, 0.6) is 0 Å². The van der Waals surface area contributed by atoms with Crippen LogP contribution in [0, 0.1) is 17.8 Å². The molecule has 5 rings (SSSR count). The van der Waals surface area contributed by atoms with Gasteiger partial charge in [-0.1, -0.05) is 0 Å². The van der Waals surface area contributed by atoms with Gasteiger partial charge in [-0.15, -0.1) is 0 Å². The van der Waals surface area contributed by atoms with Crippen LogP contribution in [0.4, 0.5) is 13.2 Å². The molecule has 4 saturated carbocycles. The first-order valence-electron chi connectivity index (χ1n) is 9.56. The van der Waals surface area contributed by atoms with Crippen molar-refractivity contribution >= 4 is 5.91 Å². The molecule has 4 fully saturated rings. The number of carbonyl (C=O) groups is 1. The average Bonchev–Trinajstić information content (AvgIpc) is 2.94. The summed E-state index contributed by atoms with van der Waals surface area (Å²) in [7, 11) is 0. The summed E-state index contributed by atoms with van der Waals surface area (Å²) in [6.07, 6.45) is 0.269. The van der Waals surface area contributed by atoms with Crippen molar-refractivity contribution in [2.75, 3.05) is 0 Å². The number of carbonyl (C=O) groups excluding carboxylic acids is 1. The number of aromatic nitrogens is 2. The van der Waals surface area contributed by atoms with Gasteiger partial charge in [-0.25, -0.2) is 0 Å². The zero-order valence-electron chi connectivity index (χ0n) is 15.8. The van der Waals surface area contributed by atoms with Crippen LogP contribution in [-0.2, 0) is 11.7 Å². The van der Waals surface area contributed by atoms with Crippen LogP contribution in [0.1, 0.15) is 68.9 Å². The Morgan fingerprint density at radius 3 is 2.30 bits per heavy atom. The zero-order valence-corrected chi connectivity index (χ0v) is 15.8. The third kappa shape index (κ3) is 3.15. The zero-order chi connectivity index (χ0) is 19.8. The standard InChI is InChI=1S/C19H26F3N3O2/c1-17(2,3)25-15(19(20,21)22)13(9-23-25)16(26)24-14-11-4-10-5-12(14)8-18(27,6-10)7-11/h9-12,14,27H,4-8H2,1-3H3,(H,24,26)/t10?,11-,12-,14?,18?/m0/s1. The maximum Gasteiger partial charge on any atom is 0.433 e. The summed E-state index contributed by atoms with van der Waals surface area (Å²) in [6, 6.07) is -0.173. The van der Waals surface area contributed by atoms with Gasteiger partial charge in [-0.3, -0.25) is 9.48 Å². The number of rotatable bonds is 2. The summed E-state index contributed by atoms with van der Waals surface area (Å²) >= 11 is 0. The first kappa shape index (κ1) is 18.8. The third-order valence-corrected chi connectivity index (χ3v) is 6.46. The molecule has 1 amide bonds. The average molecular weight is 385 g/mol. The van der Waals surface area contributed by atoms with E-state index in [0.29, 0.717) is 18.8 Å². The smallest absolute Gasteiger partial charge is 0.390 e. The third-order valence-electron chi connectivity index (χ3n) is 6.46. The van der Waals surface area contributed by atoms with Gasteiger partial charge in [0.05, 0.1) is 22.9 Å². The highest BCUT2D eigenvalue weighted by molar-refractivity contribution is 5.95. The summed E-state index contributed by atoms with van der Waals surface area (Å²) in [4.78, 5) is 12.8. The molecule has 0 radical (unpaired) electrons. The normalized spacial score (nSPS) is 35.5. The Balaban J connectivity index is 1.60. The van der Waals surface area contributed by atoms with E-state index >= 15 is 0 Å². The molecule has 27 heavy (non-hydrogen) atoms. The molecule has 0 aliphatic heterocycles. The summed E-state index contributed by atoms with van der Waals surface area (Å²) in [5.41, 5.74) is -2.97. The SMILES string of the molecule is CC(C)(C)n1ncc(C(=O)NC2[C@H]3CC4C[C@H]2CC(O)(C4)C3)c1C(F)(F)F. The summed E-state index contributed by atoms with van der Waals surface area (Å²) < 4.78 is 41.9. The van der Waals surface area contributed by atoms with Gasteiger partial charge in [0.25, 0.3) is 5.91 Å². The van der Waals surface area contributed by atoms with E-state index in [2.05, 4.69) is 10.4 Å². The fourth-order valence-corrected chi connectivity index (χ4v) is 5.74. The second-order valence-corrected chi connectivity index (χ2v) is 9.68. The second kappa shape index (κ2) is 5.72. The molecule has 0 aromatic carbocycles. The van der Waals surface area contributed by atoms with Crippen molar-refractivity contribution in [2.24, 2.45) is 17.8 Å². The van der Waals surface area contributed by atoms with Crippen LogP contribution in [-0.4, -0.2) is 32.4 Å². The van der Waals surface area contributed by atoms with Gasteiger partial charge in [0.1, 0.15) is 0 Å². The molecule has 0 saturated heterocycles. The predicted molar refractivity (Wildman–Crippen MR) is 92.0 cm³/mol. The van der Waals surface area contributed by atoms with E-state index in [1.807, 2.05) is 0 Å². The van der Waals surface area contributed by atoms with Crippen molar-refractivity contribution in [3.05, 3.63) is 17.5 Å². The molecule has 8 heteroatoms. The maximum atomic E-state index is 13.7. The molecule has 4 bridgehead atoms. The predicted octanol–water partition coefficient (Wildman–Crippen LogP) is 3.33. The van der Waals surface area contributed by atoms with Crippen molar-refractivity contribution in [3.8, 4) is 0 Å². The number of hydrogen-bond donors (Lipinski definition) is 2. The lowest BCUT2D eigenvalue weighted by Crippen LogP contribution is -2.61. The van der Waals surface area contributed by atoms with Crippen LogP contribution >= 0.6 is 0 Å². The fourth-order valence-electron chi connectivity index (χ4n) is 5.74. The molecule has 0 spiro atoms. The Labute approximate surface area is 156 Å². The highest BCUT2D eigenvalue weighted by atomic mass is 19.4. The van der Waals surface area contributed by atoms with Crippen LogP contribution in [0.2, 0.25) is 0 Å². The summed E-state index contributed by atoms with van der Waals surface area (Å²) in [5.74, 6) is 0.0201. The molecule has 2 N–H and O–H groups in total. The topological polar surface area (TPSA) is 67.2 Å². The molecule has 1 aromatic heterocycles. The van der Waals surface area contributed by atoms with Crippen molar-refractivity contribution < 1.29 is 23.1 Å². The Bertz CT molecular complexity index is 749. The largest absolute Gasteiger partial charge is 0.433 e. The maximum absolute atomic E-state index is 13.7. The van der Waals surface area contributed by atoms with Gasteiger partial charge in [-0.2, -0.15) is 18.3 Å². The van der Waals surface area contributed by atoms with Crippen LogP contribution in [0.15, 0.2) is 6.20 Å².